The van der Waals surface area contributed by atoms with Crippen molar-refractivity contribution >= 4 is 28.5 Å². The number of carbonyl (C=O) groups is 1. The van der Waals surface area contributed by atoms with Crippen LogP contribution >= 0.6 is 11.6 Å². The molecule has 0 fully saturated rings. The van der Waals surface area contributed by atoms with Gasteiger partial charge in [-0.2, -0.15) is 5.10 Å². The van der Waals surface area contributed by atoms with Gasteiger partial charge in [0.05, 0.1) is 11.1 Å². The van der Waals surface area contributed by atoms with E-state index >= 15 is 0 Å². The molecule has 0 amide bonds. The Kier molecular flexibility index (Phi) is 3.77. The van der Waals surface area contributed by atoms with Gasteiger partial charge in [0.1, 0.15) is 11.8 Å². The van der Waals surface area contributed by atoms with Crippen molar-refractivity contribution in [2.45, 2.75) is 0 Å². The summed E-state index contributed by atoms with van der Waals surface area (Å²) in [6.07, 6.45) is 5.45. The van der Waals surface area contributed by atoms with E-state index in [1.807, 2.05) is 6.07 Å². The Labute approximate surface area is 131 Å². The molecule has 108 valence electrons. The van der Waals surface area contributed by atoms with Crippen LogP contribution in [0, 0.1) is 12.0 Å². The number of benzene rings is 1. The quantitative estimate of drug-likeness (QED) is 0.512. The van der Waals surface area contributed by atoms with Crippen LogP contribution in [0.4, 0.5) is 0 Å². The topological polar surface area (TPSA) is 57.0 Å². The van der Waals surface area contributed by atoms with Gasteiger partial charge in [-0.1, -0.05) is 11.6 Å². The van der Waals surface area contributed by atoms with Crippen LogP contribution in [0.5, 0.6) is 0 Å². The molecule has 2 heterocycles. The van der Waals surface area contributed by atoms with Crippen molar-refractivity contribution in [1.82, 2.24) is 14.8 Å². The van der Waals surface area contributed by atoms with Crippen molar-refractivity contribution < 1.29 is 9.53 Å². The molecule has 0 saturated carbocycles. The fraction of sp³-hybridized carbons (Fsp3) is 0.0625. The van der Waals surface area contributed by atoms with Gasteiger partial charge >= 0.3 is 5.97 Å². The van der Waals surface area contributed by atoms with Gasteiger partial charge in [0.2, 0.25) is 0 Å². The van der Waals surface area contributed by atoms with Gasteiger partial charge in [-0.25, -0.2) is 4.79 Å². The van der Waals surface area contributed by atoms with Crippen LogP contribution in [0.2, 0.25) is 5.02 Å². The number of carbonyl (C=O) groups excluding carboxylic acids is 1. The molecule has 0 aliphatic rings. The summed E-state index contributed by atoms with van der Waals surface area (Å²) in [5.74, 6) is 2.28. The number of pyridine rings is 1. The number of aryl methyl sites for hydroxylation is 1. The highest BCUT2D eigenvalue weighted by molar-refractivity contribution is 6.31. The molecule has 5 nitrogen and oxygen atoms in total. The summed E-state index contributed by atoms with van der Waals surface area (Å²) >= 11 is 5.93. The second kappa shape index (κ2) is 5.88. The molecule has 0 aliphatic heterocycles. The smallest absolute Gasteiger partial charge is 0.352 e. The molecule has 0 N–H and O–H groups in total. The van der Waals surface area contributed by atoms with E-state index in [-0.39, 0.29) is 0 Å². The zero-order chi connectivity index (χ0) is 15.5. The average molecular weight is 312 g/mol. The van der Waals surface area contributed by atoms with Gasteiger partial charge in [-0.3, -0.25) is 9.67 Å². The fourth-order valence-electron chi connectivity index (χ4n) is 1.99. The minimum absolute atomic E-state index is 0.394. The molecule has 6 heteroatoms. The first-order valence-corrected chi connectivity index (χ1v) is 6.77. The first-order chi connectivity index (χ1) is 10.6. The van der Waals surface area contributed by atoms with Crippen LogP contribution in [-0.2, 0) is 11.8 Å². The lowest BCUT2D eigenvalue weighted by Gasteiger charge is -1.95. The standard InChI is InChI=1S/C16H10ClN3O2/c1-20-15(13-3-2-12(17)10-14(13)19-20)6-9-22-16(21)11-4-7-18-8-5-11/h2-5,7-8,10H,1H3. The number of ether oxygens (including phenoxy) is 1. The highest BCUT2D eigenvalue weighted by atomic mass is 35.5. The molecule has 0 bridgehead atoms. The molecular formula is C16H10ClN3O2. The van der Waals surface area contributed by atoms with E-state index in [1.54, 1.807) is 36.0 Å². The number of rotatable bonds is 1. The Morgan fingerprint density at radius 3 is 2.82 bits per heavy atom. The van der Waals surface area contributed by atoms with E-state index in [1.165, 1.54) is 12.4 Å². The van der Waals surface area contributed by atoms with E-state index < -0.39 is 5.97 Å². The van der Waals surface area contributed by atoms with Gasteiger partial charge in [0, 0.05) is 29.9 Å². The van der Waals surface area contributed by atoms with Crippen LogP contribution in [-0.4, -0.2) is 20.7 Å². The van der Waals surface area contributed by atoms with Crippen LogP contribution in [0.1, 0.15) is 16.1 Å². The minimum Gasteiger partial charge on any atom is -0.368 e. The lowest BCUT2D eigenvalue weighted by atomic mass is 10.2. The third-order valence-electron chi connectivity index (χ3n) is 3.03. The van der Waals surface area contributed by atoms with Crippen molar-refractivity contribution in [3.05, 3.63) is 59.0 Å². The zero-order valence-corrected chi connectivity index (χ0v) is 12.3. The molecule has 0 atom stereocenters. The summed E-state index contributed by atoms with van der Waals surface area (Å²) in [5, 5.41) is 5.76. The van der Waals surface area contributed by atoms with Crippen molar-refractivity contribution in [1.29, 1.82) is 0 Å². The maximum Gasteiger partial charge on any atom is 0.352 e. The van der Waals surface area contributed by atoms with Crippen LogP contribution in [0.25, 0.3) is 10.9 Å². The molecule has 0 aliphatic carbocycles. The van der Waals surface area contributed by atoms with Gasteiger partial charge in [-0.15, -0.1) is 0 Å². The van der Waals surface area contributed by atoms with E-state index in [4.69, 9.17) is 16.3 Å². The molecule has 3 aromatic rings. The molecule has 0 radical (unpaired) electrons. The largest absolute Gasteiger partial charge is 0.368 e. The Bertz CT molecular complexity index is 908. The Hall–Kier alpha value is -2.84. The highest BCUT2D eigenvalue weighted by Crippen LogP contribution is 2.21. The number of nitrogens with zero attached hydrogens (tertiary/aromatic N) is 3. The van der Waals surface area contributed by atoms with Gasteiger partial charge in [0.25, 0.3) is 0 Å². The van der Waals surface area contributed by atoms with Crippen LogP contribution in [0.15, 0.2) is 42.7 Å². The molecule has 0 saturated heterocycles. The summed E-state index contributed by atoms with van der Waals surface area (Å²) in [7, 11) is 1.77. The number of halogens is 1. The van der Waals surface area contributed by atoms with Crippen LogP contribution in [0.3, 0.4) is 0 Å². The third kappa shape index (κ3) is 2.78. The fourth-order valence-corrected chi connectivity index (χ4v) is 2.16. The first kappa shape index (κ1) is 14.1. The number of hydrogen-bond acceptors (Lipinski definition) is 4. The van der Waals surface area contributed by atoms with E-state index in [9.17, 15) is 4.79 Å². The summed E-state index contributed by atoms with van der Waals surface area (Å²) in [4.78, 5) is 15.6. The maximum atomic E-state index is 11.8. The number of aromatic nitrogens is 3. The van der Waals surface area contributed by atoms with Gasteiger partial charge < -0.3 is 4.74 Å². The third-order valence-corrected chi connectivity index (χ3v) is 3.26. The number of esters is 1. The first-order valence-electron chi connectivity index (χ1n) is 6.39. The lowest BCUT2D eigenvalue weighted by molar-refractivity contribution is 0.0690. The minimum atomic E-state index is -0.524. The monoisotopic (exact) mass is 311 g/mol. The predicted octanol–water partition coefficient (Wildman–Crippen LogP) is 2.79. The second-order valence-corrected chi connectivity index (χ2v) is 4.92. The van der Waals surface area contributed by atoms with E-state index in [0.29, 0.717) is 16.3 Å². The van der Waals surface area contributed by atoms with Crippen molar-refractivity contribution in [3.63, 3.8) is 0 Å². The number of fused-ring (bicyclic) bond motifs is 1. The molecule has 2 aromatic heterocycles. The lowest BCUT2D eigenvalue weighted by Crippen LogP contribution is -2.01. The summed E-state index contributed by atoms with van der Waals surface area (Å²) in [6.45, 7) is 0. The highest BCUT2D eigenvalue weighted by Gasteiger charge is 2.08. The van der Waals surface area contributed by atoms with Crippen LogP contribution < -0.4 is 0 Å². The van der Waals surface area contributed by atoms with Gasteiger partial charge in [0.15, 0.2) is 0 Å². The summed E-state index contributed by atoms with van der Waals surface area (Å²) in [5.41, 5.74) is 1.78. The summed E-state index contributed by atoms with van der Waals surface area (Å²) in [6, 6.07) is 8.47. The Balaban J connectivity index is 1.86. The van der Waals surface area contributed by atoms with Crippen molar-refractivity contribution in [2.24, 2.45) is 7.05 Å². The molecule has 0 unspecified atom stereocenters. The van der Waals surface area contributed by atoms with E-state index in [0.717, 1.165) is 10.9 Å². The van der Waals surface area contributed by atoms with Crippen molar-refractivity contribution in [3.8, 4) is 12.0 Å². The SMILES string of the molecule is Cn1nc2cc(Cl)ccc2c1C#COC(=O)c1ccncc1. The van der Waals surface area contributed by atoms with Crippen molar-refractivity contribution in [2.75, 3.05) is 0 Å². The Morgan fingerprint density at radius 1 is 1.27 bits per heavy atom. The molecule has 1 aromatic carbocycles. The molecular weight excluding hydrogens is 302 g/mol. The zero-order valence-electron chi connectivity index (χ0n) is 11.6. The van der Waals surface area contributed by atoms with Gasteiger partial charge in [-0.05, 0) is 36.3 Å². The maximum absolute atomic E-state index is 11.8. The summed E-state index contributed by atoms with van der Waals surface area (Å²) < 4.78 is 6.55. The molecule has 0 spiro atoms. The average Bonchev–Trinajstić information content (AvgIpc) is 2.83. The van der Waals surface area contributed by atoms with E-state index in [2.05, 4.69) is 22.1 Å². The Morgan fingerprint density at radius 2 is 2.05 bits per heavy atom. The molecule has 22 heavy (non-hydrogen) atoms. The number of hydrogen-bond donors (Lipinski definition) is 0. The normalized spacial score (nSPS) is 10.1. The molecule has 3 rings (SSSR count). The second-order valence-electron chi connectivity index (χ2n) is 4.49. The predicted molar refractivity (Wildman–Crippen MR) is 82.3 cm³/mol.